The maximum absolute atomic E-state index is 13.3. The molecular formula is C29H35FN2O6. The third-order valence-electron chi connectivity index (χ3n) is 7.30. The van der Waals surface area contributed by atoms with Crippen LogP contribution in [0.4, 0.5) is 4.39 Å². The van der Waals surface area contributed by atoms with E-state index < -0.39 is 5.97 Å². The van der Waals surface area contributed by atoms with E-state index in [0.29, 0.717) is 68.7 Å². The number of aliphatic carboxylic acids is 1. The van der Waals surface area contributed by atoms with E-state index in [2.05, 4.69) is 10.6 Å². The van der Waals surface area contributed by atoms with Gasteiger partial charge < -0.3 is 25.2 Å². The molecule has 0 saturated heterocycles. The quantitative estimate of drug-likeness (QED) is 0.397. The van der Waals surface area contributed by atoms with Crippen LogP contribution in [0.2, 0.25) is 0 Å². The Morgan fingerprint density at radius 2 is 1.34 bits per heavy atom. The number of amides is 2. The number of benzene rings is 2. The summed E-state index contributed by atoms with van der Waals surface area (Å²) < 4.78 is 25.1. The molecule has 3 N–H and O–H groups in total. The molecule has 2 aliphatic carbocycles. The fourth-order valence-corrected chi connectivity index (χ4v) is 5.09. The van der Waals surface area contributed by atoms with Gasteiger partial charge in [0, 0.05) is 30.6 Å². The molecule has 38 heavy (non-hydrogen) atoms. The number of carbonyl (C=O) groups is 3. The third kappa shape index (κ3) is 7.94. The van der Waals surface area contributed by atoms with Crippen molar-refractivity contribution in [1.29, 1.82) is 0 Å². The molecule has 0 atom stereocenters. The summed E-state index contributed by atoms with van der Waals surface area (Å²) in [7, 11) is 0. The average molecular weight is 527 g/mol. The molecule has 2 aromatic carbocycles. The molecule has 0 aromatic heterocycles. The zero-order chi connectivity index (χ0) is 26.9. The number of hydrogen-bond donors (Lipinski definition) is 3. The first-order valence-electron chi connectivity index (χ1n) is 13.3. The van der Waals surface area contributed by atoms with Gasteiger partial charge in [0.25, 0.3) is 5.91 Å². The Morgan fingerprint density at radius 3 is 1.95 bits per heavy atom. The van der Waals surface area contributed by atoms with Gasteiger partial charge in [0.1, 0.15) is 17.3 Å². The second kappa shape index (κ2) is 13.3. The van der Waals surface area contributed by atoms with Gasteiger partial charge in [-0.3, -0.25) is 14.4 Å². The number of carboxylic acid groups (broad SMARTS) is 1. The number of rotatable bonds is 10. The van der Waals surface area contributed by atoms with E-state index in [4.69, 9.17) is 14.6 Å². The van der Waals surface area contributed by atoms with E-state index >= 15 is 0 Å². The van der Waals surface area contributed by atoms with Crippen LogP contribution in [0.5, 0.6) is 11.5 Å². The topological polar surface area (TPSA) is 114 Å². The Morgan fingerprint density at radius 1 is 0.763 bits per heavy atom. The number of carboxylic acids is 1. The molecule has 204 valence electrons. The van der Waals surface area contributed by atoms with E-state index in [0.717, 1.165) is 12.8 Å². The Bertz CT molecular complexity index is 1090. The third-order valence-corrected chi connectivity index (χ3v) is 7.30. The van der Waals surface area contributed by atoms with Gasteiger partial charge in [-0.1, -0.05) is 6.07 Å². The molecule has 0 heterocycles. The highest BCUT2D eigenvalue weighted by molar-refractivity contribution is 5.94. The van der Waals surface area contributed by atoms with Crippen LogP contribution in [0.1, 0.15) is 61.7 Å². The number of nitrogens with one attached hydrogen (secondary N) is 2. The molecule has 0 aliphatic heterocycles. The fourth-order valence-electron chi connectivity index (χ4n) is 5.09. The molecule has 0 spiro atoms. The van der Waals surface area contributed by atoms with Gasteiger partial charge in [-0.2, -0.15) is 0 Å². The van der Waals surface area contributed by atoms with Crippen LogP contribution in [0, 0.1) is 17.7 Å². The van der Waals surface area contributed by atoms with Crippen LogP contribution in [0.15, 0.2) is 48.5 Å². The lowest BCUT2D eigenvalue weighted by Crippen LogP contribution is -2.39. The first kappa shape index (κ1) is 27.4. The zero-order valence-corrected chi connectivity index (χ0v) is 21.4. The smallest absolute Gasteiger partial charge is 0.306 e. The van der Waals surface area contributed by atoms with Gasteiger partial charge in [-0.25, -0.2) is 4.39 Å². The summed E-state index contributed by atoms with van der Waals surface area (Å²) >= 11 is 0. The van der Waals surface area contributed by atoms with Gasteiger partial charge in [-0.15, -0.1) is 0 Å². The van der Waals surface area contributed by atoms with Gasteiger partial charge in [0.15, 0.2) is 0 Å². The molecule has 0 radical (unpaired) electrons. The van der Waals surface area contributed by atoms with Crippen molar-refractivity contribution in [2.45, 2.75) is 63.6 Å². The monoisotopic (exact) mass is 526 g/mol. The van der Waals surface area contributed by atoms with Crippen LogP contribution in [-0.2, 0) is 9.59 Å². The van der Waals surface area contributed by atoms with Crippen LogP contribution in [0.3, 0.4) is 0 Å². The van der Waals surface area contributed by atoms with Gasteiger partial charge >= 0.3 is 5.97 Å². The van der Waals surface area contributed by atoms with Crippen molar-refractivity contribution >= 4 is 17.8 Å². The van der Waals surface area contributed by atoms with Crippen LogP contribution < -0.4 is 20.1 Å². The Hall–Kier alpha value is -3.62. The molecule has 9 heteroatoms. The molecule has 2 fully saturated rings. The summed E-state index contributed by atoms with van der Waals surface area (Å²) in [4.78, 5) is 36.0. The second-order valence-corrected chi connectivity index (χ2v) is 10.0. The summed E-state index contributed by atoms with van der Waals surface area (Å²) in [6, 6.07) is 13.0. The number of carbonyl (C=O) groups excluding carboxylic acids is 2. The fraction of sp³-hybridized carbons (Fsp3) is 0.483. The van der Waals surface area contributed by atoms with Crippen LogP contribution >= 0.6 is 0 Å². The largest absolute Gasteiger partial charge is 0.490 e. The maximum atomic E-state index is 13.3. The first-order valence-corrected chi connectivity index (χ1v) is 13.3. The lowest BCUT2D eigenvalue weighted by atomic mass is 9.86. The van der Waals surface area contributed by atoms with Gasteiger partial charge in [0.2, 0.25) is 5.91 Å². The number of halogens is 1. The lowest BCUT2D eigenvalue weighted by Gasteiger charge is -2.28. The number of ether oxygens (including phenoxy) is 2. The molecule has 0 unspecified atom stereocenters. The van der Waals surface area contributed by atoms with E-state index in [9.17, 15) is 18.8 Å². The summed E-state index contributed by atoms with van der Waals surface area (Å²) in [5.41, 5.74) is 0.495. The summed E-state index contributed by atoms with van der Waals surface area (Å²) in [6.07, 6.45) is 5.47. The summed E-state index contributed by atoms with van der Waals surface area (Å²) in [5.74, 6) is -0.542. The molecule has 2 aromatic rings. The highest BCUT2D eigenvalue weighted by atomic mass is 19.1. The van der Waals surface area contributed by atoms with Crippen molar-refractivity contribution in [3.63, 3.8) is 0 Å². The normalized spacial score (nSPS) is 23.2. The Balaban J connectivity index is 1.10. The molecular weight excluding hydrogens is 491 g/mol. The summed E-state index contributed by atoms with van der Waals surface area (Å²) in [5, 5.41) is 14.8. The Labute approximate surface area is 221 Å². The highest BCUT2D eigenvalue weighted by Gasteiger charge is 2.28. The maximum Gasteiger partial charge on any atom is 0.306 e. The highest BCUT2D eigenvalue weighted by Crippen LogP contribution is 2.29. The van der Waals surface area contributed by atoms with Crippen molar-refractivity contribution in [2.75, 3.05) is 13.1 Å². The van der Waals surface area contributed by atoms with E-state index in [1.165, 1.54) is 12.1 Å². The van der Waals surface area contributed by atoms with Gasteiger partial charge in [0.05, 0.1) is 18.1 Å². The standard InChI is InChI=1S/C29H35FN2O6/c30-22-2-1-3-26(18-22)38-25-12-6-20(7-13-25)28(34)32-17-16-31-27(33)19-4-10-23(11-5-19)37-24-14-8-21(9-15-24)29(35)36/h1-5,10-11,18,20-21,24-25H,6-9,12-17H2,(H,31,33)(H,32,34)(H,35,36). The van der Waals surface area contributed by atoms with Crippen molar-refractivity contribution < 1.29 is 33.4 Å². The van der Waals surface area contributed by atoms with Crippen LogP contribution in [-0.4, -0.2) is 48.2 Å². The average Bonchev–Trinajstić information content (AvgIpc) is 2.92. The zero-order valence-electron chi connectivity index (χ0n) is 21.4. The van der Waals surface area contributed by atoms with E-state index in [1.807, 2.05) is 0 Å². The molecule has 4 rings (SSSR count). The second-order valence-electron chi connectivity index (χ2n) is 10.0. The predicted molar refractivity (Wildman–Crippen MR) is 139 cm³/mol. The van der Waals surface area contributed by atoms with E-state index in [1.54, 1.807) is 36.4 Å². The first-order chi connectivity index (χ1) is 18.4. The SMILES string of the molecule is O=C(NCCNC(=O)C1CCC(Oc2cccc(F)c2)CC1)c1ccc(OC2CCC(C(=O)O)CC2)cc1. The van der Waals surface area contributed by atoms with Crippen molar-refractivity contribution in [2.24, 2.45) is 11.8 Å². The van der Waals surface area contributed by atoms with E-state index in [-0.39, 0.29) is 41.7 Å². The van der Waals surface area contributed by atoms with Gasteiger partial charge in [-0.05, 0) is 87.8 Å². The Kier molecular flexibility index (Phi) is 9.56. The molecule has 2 aliphatic rings. The number of hydrogen-bond acceptors (Lipinski definition) is 5. The van der Waals surface area contributed by atoms with Crippen LogP contribution in [0.25, 0.3) is 0 Å². The van der Waals surface area contributed by atoms with Crippen molar-refractivity contribution in [1.82, 2.24) is 10.6 Å². The predicted octanol–water partition coefficient (Wildman–Crippen LogP) is 4.33. The minimum absolute atomic E-state index is 0.00935. The lowest BCUT2D eigenvalue weighted by molar-refractivity contribution is -0.143. The minimum Gasteiger partial charge on any atom is -0.490 e. The minimum atomic E-state index is -0.741. The summed E-state index contributed by atoms with van der Waals surface area (Å²) in [6.45, 7) is 0.651. The molecule has 2 saturated carbocycles. The van der Waals surface area contributed by atoms with Crippen molar-refractivity contribution in [3.05, 3.63) is 59.9 Å². The van der Waals surface area contributed by atoms with Crippen molar-refractivity contribution in [3.8, 4) is 11.5 Å². The molecule has 8 nitrogen and oxygen atoms in total. The molecule has 0 bridgehead atoms. The molecule has 2 amide bonds.